The maximum Gasteiger partial charge on any atom is 0.294 e. The molecular weight excluding hydrogens is 476 g/mol. The van der Waals surface area contributed by atoms with E-state index in [0.29, 0.717) is 28.5 Å². The molecule has 0 unspecified atom stereocenters. The lowest BCUT2D eigenvalue weighted by Crippen LogP contribution is -2.33. The molecule has 0 amide bonds. The molecular formula is C18H24N6O7S2. The fraction of sp³-hybridized carbons (Fsp3) is 0.389. The zero-order valence-electron chi connectivity index (χ0n) is 17.2. The molecule has 1 aromatic carbocycles. The van der Waals surface area contributed by atoms with Crippen LogP contribution in [0.5, 0.6) is 0 Å². The van der Waals surface area contributed by atoms with Crippen LogP contribution >= 0.6 is 11.8 Å². The highest BCUT2D eigenvalue weighted by atomic mass is 32.2. The van der Waals surface area contributed by atoms with E-state index in [1.54, 1.807) is 12.1 Å². The van der Waals surface area contributed by atoms with E-state index >= 15 is 0 Å². The van der Waals surface area contributed by atoms with E-state index in [9.17, 15) is 23.7 Å². The van der Waals surface area contributed by atoms with Gasteiger partial charge in [0.15, 0.2) is 22.8 Å². The molecule has 0 radical (unpaired) electrons. The Kier molecular flexibility index (Phi) is 7.55. The molecule has 33 heavy (non-hydrogen) atoms. The molecule has 3 aromatic rings. The minimum atomic E-state index is -4.23. The van der Waals surface area contributed by atoms with Gasteiger partial charge in [0, 0.05) is 5.75 Å². The van der Waals surface area contributed by atoms with Gasteiger partial charge in [-0.05, 0) is 24.1 Å². The lowest BCUT2D eigenvalue weighted by atomic mass is 10.1. The van der Waals surface area contributed by atoms with Crippen LogP contribution in [0.1, 0.15) is 11.8 Å². The van der Waals surface area contributed by atoms with Crippen LogP contribution in [0.4, 0.5) is 5.82 Å². The van der Waals surface area contributed by atoms with Crippen LogP contribution in [0, 0.1) is 0 Å². The summed E-state index contributed by atoms with van der Waals surface area (Å²) in [5, 5.41) is 30.0. The summed E-state index contributed by atoms with van der Waals surface area (Å²) in [4.78, 5) is 12.7. The first-order valence-corrected chi connectivity index (χ1v) is 11.9. The van der Waals surface area contributed by atoms with E-state index in [2.05, 4.69) is 15.0 Å². The third kappa shape index (κ3) is 5.10. The summed E-state index contributed by atoms with van der Waals surface area (Å²) in [6, 6.07) is 5.88. The van der Waals surface area contributed by atoms with Gasteiger partial charge < -0.3 is 31.9 Å². The molecule has 4 atom stereocenters. The van der Waals surface area contributed by atoms with Crippen LogP contribution in [-0.4, -0.2) is 78.5 Å². The number of aliphatic hydroxyl groups excluding tert-OH is 3. The average molecular weight is 501 g/mol. The molecule has 0 spiro atoms. The van der Waals surface area contributed by atoms with Gasteiger partial charge in [-0.2, -0.15) is 8.42 Å². The molecule has 0 aliphatic carbocycles. The van der Waals surface area contributed by atoms with Gasteiger partial charge in [-0.25, -0.2) is 15.0 Å². The van der Waals surface area contributed by atoms with Gasteiger partial charge in [-0.15, -0.1) is 0 Å². The van der Waals surface area contributed by atoms with Crippen molar-refractivity contribution in [1.82, 2.24) is 25.7 Å². The number of fused-ring (bicyclic) bond motifs is 1. The molecule has 3 heterocycles. The number of ether oxygens (including phenoxy) is 1. The molecule has 1 saturated heterocycles. The van der Waals surface area contributed by atoms with Gasteiger partial charge in [0.25, 0.3) is 10.1 Å². The summed E-state index contributed by atoms with van der Waals surface area (Å²) in [5.74, 6) is 0.693. The first-order chi connectivity index (χ1) is 15.2. The van der Waals surface area contributed by atoms with Gasteiger partial charge in [0.05, 0.1) is 17.8 Å². The summed E-state index contributed by atoms with van der Waals surface area (Å²) >= 11 is 1.31. The molecule has 1 fully saturated rings. The van der Waals surface area contributed by atoms with Crippen molar-refractivity contribution in [2.45, 2.75) is 41.0 Å². The number of benzene rings is 1. The topological polar surface area (TPSA) is 229 Å². The molecule has 4 rings (SSSR count). The van der Waals surface area contributed by atoms with Gasteiger partial charge in [-0.1, -0.05) is 23.9 Å². The van der Waals surface area contributed by atoms with E-state index < -0.39 is 41.3 Å². The molecule has 0 bridgehead atoms. The number of nitrogens with zero attached hydrogens (tertiary/aromatic N) is 4. The third-order valence-corrected chi connectivity index (χ3v) is 6.78. The number of aliphatic hydroxyl groups is 3. The van der Waals surface area contributed by atoms with Crippen LogP contribution < -0.4 is 11.9 Å². The zero-order valence-corrected chi connectivity index (χ0v) is 18.9. The number of hydrogen-bond acceptors (Lipinski definition) is 12. The predicted octanol–water partition coefficient (Wildman–Crippen LogP) is -0.237. The number of nitrogen functional groups attached to an aromatic ring is 1. The summed E-state index contributed by atoms with van der Waals surface area (Å²) in [7, 11) is -4.23. The van der Waals surface area contributed by atoms with Gasteiger partial charge in [0.1, 0.15) is 23.8 Å². The Labute approximate surface area is 193 Å². The molecule has 2 aromatic heterocycles. The molecule has 13 nitrogen and oxygen atoms in total. The van der Waals surface area contributed by atoms with Crippen LogP contribution in [0.2, 0.25) is 0 Å². The average Bonchev–Trinajstić information content (AvgIpc) is 3.29. The minimum absolute atomic E-state index is 0. The van der Waals surface area contributed by atoms with Crippen molar-refractivity contribution in [3.8, 4) is 0 Å². The maximum absolute atomic E-state index is 11.1. The smallest absolute Gasteiger partial charge is 0.294 e. The van der Waals surface area contributed by atoms with Crippen molar-refractivity contribution in [2.75, 3.05) is 18.1 Å². The Morgan fingerprint density at radius 3 is 2.45 bits per heavy atom. The standard InChI is InChI=1S/C18H21N5O7S2.H3N/c19-15-12-16(23(8-20-12)17-14(26)13(25)11(7-24)30-17)22-18(21-15)31-6-5-9-1-3-10(4-2-9)32(27,28)29;/h1-4,8,11,13-14,17,24-26H,5-7H2,(H2,19,21,22)(H,27,28,29);1H3/t11-,13-,14-,17-;/m1./s1. The van der Waals surface area contributed by atoms with Crippen molar-refractivity contribution in [3.63, 3.8) is 0 Å². The number of hydrogen-bond donors (Lipinski definition) is 6. The molecule has 180 valence electrons. The number of nitrogens with two attached hydrogens (primary N) is 1. The Morgan fingerprint density at radius 2 is 1.85 bits per heavy atom. The second-order valence-corrected chi connectivity index (χ2v) is 9.65. The number of aromatic nitrogens is 4. The quantitative estimate of drug-likeness (QED) is 0.140. The van der Waals surface area contributed by atoms with Gasteiger partial charge in [-0.3, -0.25) is 9.12 Å². The third-order valence-electron chi connectivity index (χ3n) is 5.06. The second-order valence-electron chi connectivity index (χ2n) is 7.16. The lowest BCUT2D eigenvalue weighted by Gasteiger charge is -2.16. The zero-order chi connectivity index (χ0) is 23.0. The Morgan fingerprint density at radius 1 is 1.15 bits per heavy atom. The summed E-state index contributed by atoms with van der Waals surface area (Å²) in [6.45, 7) is -0.454. The fourth-order valence-electron chi connectivity index (χ4n) is 3.37. The maximum atomic E-state index is 11.1. The van der Waals surface area contributed by atoms with Crippen molar-refractivity contribution < 1.29 is 33.0 Å². The monoisotopic (exact) mass is 500 g/mol. The van der Waals surface area contributed by atoms with Crippen LogP contribution in [-0.2, 0) is 21.3 Å². The molecule has 0 saturated carbocycles. The number of thioether (sulfide) groups is 1. The first-order valence-electron chi connectivity index (χ1n) is 9.50. The number of imidazole rings is 1. The van der Waals surface area contributed by atoms with Crippen LogP contribution in [0.15, 0.2) is 40.6 Å². The molecule has 1 aliphatic heterocycles. The summed E-state index contributed by atoms with van der Waals surface area (Å²) in [5.41, 5.74) is 7.49. The summed E-state index contributed by atoms with van der Waals surface area (Å²) < 4.78 is 38.3. The normalized spacial score (nSPS) is 23.0. The van der Waals surface area contributed by atoms with E-state index in [0.717, 1.165) is 5.56 Å². The molecule has 9 N–H and O–H groups in total. The fourth-order valence-corrected chi connectivity index (χ4v) is 4.68. The van der Waals surface area contributed by atoms with E-state index in [1.807, 2.05) is 0 Å². The number of anilines is 1. The van der Waals surface area contributed by atoms with Crippen molar-refractivity contribution in [3.05, 3.63) is 36.2 Å². The predicted molar refractivity (Wildman–Crippen MR) is 118 cm³/mol. The van der Waals surface area contributed by atoms with Crippen LogP contribution in [0.3, 0.4) is 0 Å². The number of rotatable bonds is 7. The highest BCUT2D eigenvalue weighted by Gasteiger charge is 2.44. The second kappa shape index (κ2) is 9.86. The van der Waals surface area contributed by atoms with E-state index in [-0.39, 0.29) is 16.9 Å². The molecule has 15 heteroatoms. The lowest BCUT2D eigenvalue weighted by molar-refractivity contribution is -0.0511. The van der Waals surface area contributed by atoms with Crippen molar-refractivity contribution >= 4 is 38.9 Å². The number of aryl methyl sites for hydroxylation is 1. The minimum Gasteiger partial charge on any atom is -0.394 e. The van der Waals surface area contributed by atoms with Crippen molar-refractivity contribution in [1.29, 1.82) is 0 Å². The highest BCUT2D eigenvalue weighted by molar-refractivity contribution is 7.99. The van der Waals surface area contributed by atoms with Gasteiger partial charge >= 0.3 is 0 Å². The van der Waals surface area contributed by atoms with E-state index in [1.165, 1.54) is 34.8 Å². The van der Waals surface area contributed by atoms with Gasteiger partial charge in [0.2, 0.25) is 0 Å². The van der Waals surface area contributed by atoms with Crippen molar-refractivity contribution in [2.24, 2.45) is 0 Å². The van der Waals surface area contributed by atoms with E-state index in [4.69, 9.17) is 15.0 Å². The highest BCUT2D eigenvalue weighted by Crippen LogP contribution is 2.32. The summed E-state index contributed by atoms with van der Waals surface area (Å²) in [6.07, 6.45) is -2.54. The Balaban J connectivity index is 0.00000306. The Bertz CT molecular complexity index is 1220. The largest absolute Gasteiger partial charge is 0.394 e. The first kappa shape index (κ1) is 25.3. The Hall–Kier alpha value is -2.37. The SMILES string of the molecule is N.Nc1nc(SCCc2ccc(S(=O)(=O)O)cc2)nc2c1ncn2[C@@H]1O[C@H](CO)[C@@H](O)[C@H]1O. The molecule has 1 aliphatic rings. The van der Waals surface area contributed by atoms with Crippen LogP contribution in [0.25, 0.3) is 11.2 Å².